The molecule has 0 saturated carbocycles. The number of aliphatic hydroxyl groups excluding tert-OH is 1. The maximum atomic E-state index is 12.2. The molecule has 3 aromatic heterocycles. The summed E-state index contributed by atoms with van der Waals surface area (Å²) in [4.78, 5) is 8.67. The molecule has 2 atom stereocenters. The van der Waals surface area contributed by atoms with Crippen LogP contribution in [0.2, 0.25) is 0 Å². The first-order valence-corrected chi connectivity index (χ1v) is 7.63. The van der Waals surface area contributed by atoms with Crippen molar-refractivity contribution >= 4 is 22.8 Å². The molecule has 0 spiro atoms. The minimum Gasteiger partial charge on any atom is -0.417 e. The fourth-order valence-corrected chi connectivity index (χ4v) is 2.50. The van der Waals surface area contributed by atoms with Gasteiger partial charge in [-0.25, -0.2) is 19.7 Å². The van der Waals surface area contributed by atoms with E-state index in [-0.39, 0.29) is 17.7 Å². The largest absolute Gasteiger partial charge is 0.417 e. The van der Waals surface area contributed by atoms with Crippen LogP contribution >= 0.6 is 0 Å². The number of nitrogens with zero attached hydrogens (tertiary/aromatic N) is 5. The van der Waals surface area contributed by atoms with Crippen molar-refractivity contribution in [3.63, 3.8) is 0 Å². The Labute approximate surface area is 141 Å². The van der Waals surface area contributed by atoms with E-state index in [2.05, 4.69) is 35.3 Å². The number of fused-ring (bicyclic) bond motifs is 1. The lowest BCUT2D eigenvalue weighted by molar-refractivity contribution is -0.0528. The van der Waals surface area contributed by atoms with Gasteiger partial charge in [0, 0.05) is 6.07 Å². The van der Waals surface area contributed by atoms with Crippen LogP contribution in [0, 0.1) is 0 Å². The molecule has 9 nitrogen and oxygen atoms in total. The smallest absolute Gasteiger partial charge is 0.388 e. The van der Waals surface area contributed by atoms with Crippen molar-refractivity contribution in [2.24, 2.45) is 0 Å². The molecule has 3 N–H and O–H groups in total. The summed E-state index contributed by atoms with van der Waals surface area (Å²) in [6, 6.07) is 1.04. The molecule has 0 amide bonds. The summed E-state index contributed by atoms with van der Waals surface area (Å²) < 4.78 is 30.2. The van der Waals surface area contributed by atoms with Gasteiger partial charge in [0.1, 0.15) is 5.52 Å². The van der Waals surface area contributed by atoms with Gasteiger partial charge in [0.25, 0.3) is 0 Å². The highest BCUT2D eigenvalue weighted by Crippen LogP contribution is 2.23. The molecule has 3 rings (SSSR count). The highest BCUT2D eigenvalue weighted by atomic mass is 19.3. The average molecular weight is 353 g/mol. The number of alkyl halides is 2. The van der Waals surface area contributed by atoms with E-state index in [1.54, 1.807) is 17.8 Å². The summed E-state index contributed by atoms with van der Waals surface area (Å²) in [7, 11) is 0. The van der Waals surface area contributed by atoms with E-state index < -0.39 is 12.7 Å². The molecular weight excluding hydrogens is 336 g/mol. The molecule has 25 heavy (non-hydrogen) atoms. The van der Waals surface area contributed by atoms with Gasteiger partial charge < -0.3 is 15.2 Å². The zero-order valence-electron chi connectivity index (χ0n) is 13.5. The topological polar surface area (TPSA) is 114 Å². The van der Waals surface area contributed by atoms with Crippen molar-refractivity contribution in [1.29, 1.82) is 0 Å². The SMILES string of the molecule is CCC(C(C)O)n1ncc2ncc(Nc3cc(OC(F)F)[nH]n3)nc21. The van der Waals surface area contributed by atoms with E-state index in [0.717, 1.165) is 0 Å². The third-order valence-corrected chi connectivity index (χ3v) is 3.62. The number of rotatable bonds is 7. The summed E-state index contributed by atoms with van der Waals surface area (Å²) in [5, 5.41) is 23.1. The van der Waals surface area contributed by atoms with E-state index >= 15 is 0 Å². The molecule has 0 aliphatic carbocycles. The average Bonchev–Trinajstić information content (AvgIpc) is 3.15. The van der Waals surface area contributed by atoms with Crippen molar-refractivity contribution in [3.8, 4) is 5.88 Å². The lowest BCUT2D eigenvalue weighted by Gasteiger charge is -2.19. The van der Waals surface area contributed by atoms with Crippen LogP contribution < -0.4 is 10.1 Å². The Bertz CT molecular complexity index is 849. The predicted octanol–water partition coefficient (Wildman–Crippen LogP) is 2.23. The number of H-pyrrole nitrogens is 1. The van der Waals surface area contributed by atoms with Crippen LogP contribution in [0.5, 0.6) is 5.88 Å². The van der Waals surface area contributed by atoms with Crippen molar-refractivity contribution in [1.82, 2.24) is 29.9 Å². The first-order valence-electron chi connectivity index (χ1n) is 7.63. The number of aromatic nitrogens is 6. The number of aliphatic hydroxyl groups is 1. The maximum absolute atomic E-state index is 12.2. The molecule has 0 fully saturated rings. The highest BCUT2D eigenvalue weighted by Gasteiger charge is 2.19. The Morgan fingerprint density at radius 1 is 1.36 bits per heavy atom. The maximum Gasteiger partial charge on any atom is 0.388 e. The van der Waals surface area contributed by atoms with Crippen molar-refractivity contribution in [3.05, 3.63) is 18.5 Å². The fourth-order valence-electron chi connectivity index (χ4n) is 2.50. The normalized spacial score (nSPS) is 14.0. The van der Waals surface area contributed by atoms with Crippen LogP contribution in [-0.4, -0.2) is 47.8 Å². The zero-order chi connectivity index (χ0) is 18.0. The Kier molecular flexibility index (Phi) is 4.74. The Morgan fingerprint density at radius 3 is 2.84 bits per heavy atom. The van der Waals surface area contributed by atoms with Gasteiger partial charge in [0.2, 0.25) is 5.88 Å². The second kappa shape index (κ2) is 6.97. The number of hydrogen-bond donors (Lipinski definition) is 3. The molecule has 0 radical (unpaired) electrons. The van der Waals surface area contributed by atoms with Gasteiger partial charge in [-0.15, -0.1) is 0 Å². The third-order valence-electron chi connectivity index (χ3n) is 3.62. The predicted molar refractivity (Wildman–Crippen MR) is 84.8 cm³/mol. The standard InChI is InChI=1S/C14H17F2N7O2/c1-3-9(7(2)24)23-13-8(5-18-23)17-6-11(20-13)19-10-4-12(22-21-10)25-14(15)16/h4-7,9,14,24H,3H2,1-2H3,(H2,19,20,21,22). The summed E-state index contributed by atoms with van der Waals surface area (Å²) in [6.45, 7) is 0.686. The van der Waals surface area contributed by atoms with Gasteiger partial charge >= 0.3 is 6.61 Å². The molecule has 11 heteroatoms. The number of halogens is 2. The Morgan fingerprint density at radius 2 is 2.16 bits per heavy atom. The van der Waals surface area contributed by atoms with E-state index in [1.165, 1.54) is 12.3 Å². The number of aromatic amines is 1. The van der Waals surface area contributed by atoms with Crippen LogP contribution in [0.1, 0.15) is 26.3 Å². The summed E-state index contributed by atoms with van der Waals surface area (Å²) in [6.07, 6.45) is 3.11. The van der Waals surface area contributed by atoms with Gasteiger partial charge in [-0.3, -0.25) is 0 Å². The van der Waals surface area contributed by atoms with Crippen LogP contribution in [0.3, 0.4) is 0 Å². The summed E-state index contributed by atoms with van der Waals surface area (Å²) >= 11 is 0. The van der Waals surface area contributed by atoms with E-state index in [0.29, 0.717) is 23.4 Å². The molecule has 134 valence electrons. The van der Waals surface area contributed by atoms with E-state index in [1.807, 2.05) is 6.92 Å². The fraction of sp³-hybridized carbons (Fsp3) is 0.429. The third kappa shape index (κ3) is 3.65. The molecule has 3 aromatic rings. The van der Waals surface area contributed by atoms with E-state index in [4.69, 9.17) is 0 Å². The van der Waals surface area contributed by atoms with Gasteiger partial charge in [0.05, 0.1) is 24.5 Å². The quantitative estimate of drug-likeness (QED) is 0.597. The lowest BCUT2D eigenvalue weighted by Crippen LogP contribution is -2.22. The number of anilines is 2. The van der Waals surface area contributed by atoms with Gasteiger partial charge in [0.15, 0.2) is 17.3 Å². The van der Waals surface area contributed by atoms with Crippen molar-refractivity contribution in [2.75, 3.05) is 5.32 Å². The molecular formula is C14H17F2N7O2. The molecule has 0 bridgehead atoms. The zero-order valence-corrected chi connectivity index (χ0v) is 13.5. The van der Waals surface area contributed by atoms with Crippen LogP contribution in [0.25, 0.3) is 11.2 Å². The minimum absolute atomic E-state index is 0.170. The molecule has 0 aliphatic heterocycles. The second-order valence-electron chi connectivity index (χ2n) is 5.39. The number of nitrogens with one attached hydrogen (secondary N) is 2. The summed E-state index contributed by atoms with van der Waals surface area (Å²) in [5.74, 6) is 0.430. The minimum atomic E-state index is -2.94. The van der Waals surface area contributed by atoms with Crippen molar-refractivity contribution in [2.45, 2.75) is 39.0 Å². The Balaban J connectivity index is 1.86. The molecule has 2 unspecified atom stereocenters. The number of hydrogen-bond acceptors (Lipinski definition) is 7. The van der Waals surface area contributed by atoms with Crippen molar-refractivity contribution < 1.29 is 18.6 Å². The molecule has 3 heterocycles. The van der Waals surface area contributed by atoms with Gasteiger partial charge in [-0.2, -0.15) is 19.0 Å². The summed E-state index contributed by atoms with van der Waals surface area (Å²) in [5.41, 5.74) is 1.07. The van der Waals surface area contributed by atoms with E-state index in [9.17, 15) is 13.9 Å². The lowest BCUT2D eigenvalue weighted by atomic mass is 10.1. The first kappa shape index (κ1) is 17.0. The molecule has 0 saturated heterocycles. The van der Waals surface area contributed by atoms with Crippen LogP contribution in [0.15, 0.2) is 18.5 Å². The van der Waals surface area contributed by atoms with Crippen LogP contribution in [-0.2, 0) is 0 Å². The first-order chi connectivity index (χ1) is 12.0. The molecule has 0 aromatic carbocycles. The second-order valence-corrected chi connectivity index (χ2v) is 5.39. The molecule has 0 aliphatic rings. The van der Waals surface area contributed by atoms with Crippen LogP contribution in [0.4, 0.5) is 20.4 Å². The number of ether oxygens (including phenoxy) is 1. The van der Waals surface area contributed by atoms with Gasteiger partial charge in [-0.05, 0) is 13.3 Å². The highest BCUT2D eigenvalue weighted by molar-refractivity contribution is 5.72. The Hall–Kier alpha value is -2.82. The van der Waals surface area contributed by atoms with Gasteiger partial charge in [-0.1, -0.05) is 6.92 Å². The monoisotopic (exact) mass is 353 g/mol.